The van der Waals surface area contributed by atoms with E-state index in [-0.39, 0.29) is 10.8 Å². The third-order valence-corrected chi connectivity index (χ3v) is 2.57. The standard InChI is InChI=1S/C13H12ClN3O/c14-11-12(15)16-9-17-13(11)18-8-4-7-10-5-2-1-3-6-10/h1-7,9H,8H2,(H2,15,16,17)/b7-4+. The fraction of sp³-hybridized carbons (Fsp3) is 0.0769. The predicted octanol–water partition coefficient (Wildman–Crippen LogP) is 2.80. The van der Waals surface area contributed by atoms with Crippen molar-refractivity contribution in [2.45, 2.75) is 0 Å². The van der Waals surface area contributed by atoms with E-state index in [1.54, 1.807) is 0 Å². The number of aromatic nitrogens is 2. The molecule has 2 aromatic rings. The van der Waals surface area contributed by atoms with Crippen LogP contribution in [0.3, 0.4) is 0 Å². The van der Waals surface area contributed by atoms with Crippen molar-refractivity contribution in [3.63, 3.8) is 0 Å². The summed E-state index contributed by atoms with van der Waals surface area (Å²) in [4.78, 5) is 7.66. The number of nitrogen functional groups attached to an aromatic ring is 1. The zero-order valence-electron chi connectivity index (χ0n) is 9.58. The van der Waals surface area contributed by atoms with Gasteiger partial charge in [-0.1, -0.05) is 48.0 Å². The van der Waals surface area contributed by atoms with E-state index in [1.165, 1.54) is 6.33 Å². The molecule has 0 aliphatic heterocycles. The van der Waals surface area contributed by atoms with E-state index in [0.717, 1.165) is 5.56 Å². The summed E-state index contributed by atoms with van der Waals surface area (Å²) in [6.45, 7) is 0.366. The molecule has 2 N–H and O–H groups in total. The third kappa shape index (κ3) is 3.21. The van der Waals surface area contributed by atoms with Crippen LogP contribution >= 0.6 is 11.6 Å². The highest BCUT2D eigenvalue weighted by Gasteiger charge is 2.06. The number of halogens is 1. The van der Waals surface area contributed by atoms with Crippen LogP contribution in [-0.4, -0.2) is 16.6 Å². The molecule has 0 fully saturated rings. The predicted molar refractivity (Wildman–Crippen MR) is 72.4 cm³/mol. The first-order chi connectivity index (χ1) is 8.77. The first-order valence-electron chi connectivity index (χ1n) is 5.38. The Morgan fingerprint density at radius 2 is 2.00 bits per heavy atom. The van der Waals surface area contributed by atoms with Crippen LogP contribution in [0.2, 0.25) is 5.02 Å². The van der Waals surface area contributed by atoms with Gasteiger partial charge in [-0.25, -0.2) is 9.97 Å². The van der Waals surface area contributed by atoms with Gasteiger partial charge in [0, 0.05) is 0 Å². The van der Waals surface area contributed by atoms with E-state index >= 15 is 0 Å². The van der Waals surface area contributed by atoms with Gasteiger partial charge >= 0.3 is 0 Å². The lowest BCUT2D eigenvalue weighted by atomic mass is 10.2. The first kappa shape index (κ1) is 12.4. The van der Waals surface area contributed by atoms with Crippen LogP contribution < -0.4 is 10.5 Å². The van der Waals surface area contributed by atoms with Crippen molar-refractivity contribution in [1.29, 1.82) is 0 Å². The van der Waals surface area contributed by atoms with Gasteiger partial charge in [0.25, 0.3) is 0 Å². The normalized spacial score (nSPS) is 10.7. The lowest BCUT2D eigenvalue weighted by molar-refractivity contribution is 0.349. The number of nitrogens with two attached hydrogens (primary N) is 1. The van der Waals surface area contributed by atoms with Crippen molar-refractivity contribution in [2.75, 3.05) is 12.3 Å². The Kier molecular flexibility index (Phi) is 4.15. The molecule has 2 rings (SSSR count). The molecule has 92 valence electrons. The topological polar surface area (TPSA) is 61.0 Å². The molecule has 5 heteroatoms. The largest absolute Gasteiger partial charge is 0.472 e. The minimum atomic E-state index is 0.216. The van der Waals surface area contributed by atoms with Gasteiger partial charge in [0.05, 0.1) is 0 Å². The highest BCUT2D eigenvalue weighted by molar-refractivity contribution is 6.33. The van der Waals surface area contributed by atoms with Gasteiger partial charge in [-0.15, -0.1) is 0 Å². The fourth-order valence-electron chi connectivity index (χ4n) is 1.34. The average Bonchev–Trinajstić information content (AvgIpc) is 2.40. The molecule has 4 nitrogen and oxygen atoms in total. The van der Waals surface area contributed by atoms with Crippen molar-refractivity contribution >= 4 is 23.5 Å². The van der Waals surface area contributed by atoms with Crippen LogP contribution in [0.15, 0.2) is 42.7 Å². The van der Waals surface area contributed by atoms with E-state index in [4.69, 9.17) is 22.1 Å². The molecule has 0 bridgehead atoms. The molecule has 0 unspecified atom stereocenters. The van der Waals surface area contributed by atoms with Crippen LogP contribution in [0.25, 0.3) is 6.08 Å². The van der Waals surface area contributed by atoms with Crippen LogP contribution in [0.5, 0.6) is 5.88 Å². The number of nitrogens with zero attached hydrogens (tertiary/aromatic N) is 2. The van der Waals surface area contributed by atoms with E-state index in [9.17, 15) is 0 Å². The van der Waals surface area contributed by atoms with Crippen molar-refractivity contribution < 1.29 is 4.74 Å². The van der Waals surface area contributed by atoms with Crippen molar-refractivity contribution in [1.82, 2.24) is 9.97 Å². The van der Waals surface area contributed by atoms with Crippen molar-refractivity contribution in [2.24, 2.45) is 0 Å². The van der Waals surface area contributed by atoms with Gasteiger partial charge in [-0.2, -0.15) is 0 Å². The summed E-state index contributed by atoms with van der Waals surface area (Å²) in [5, 5.41) is 0.241. The summed E-state index contributed by atoms with van der Waals surface area (Å²) in [6, 6.07) is 9.93. The summed E-state index contributed by atoms with van der Waals surface area (Å²) in [5.74, 6) is 0.510. The molecule has 0 amide bonds. The van der Waals surface area contributed by atoms with Crippen LogP contribution in [0, 0.1) is 0 Å². The monoisotopic (exact) mass is 261 g/mol. The van der Waals surface area contributed by atoms with E-state index in [1.807, 2.05) is 42.5 Å². The average molecular weight is 262 g/mol. The minimum Gasteiger partial charge on any atom is -0.472 e. The molecule has 1 heterocycles. The Bertz CT molecular complexity index is 543. The Morgan fingerprint density at radius 3 is 2.78 bits per heavy atom. The number of benzene rings is 1. The Hall–Kier alpha value is -2.07. The lowest BCUT2D eigenvalue weighted by Gasteiger charge is -2.04. The number of ether oxygens (including phenoxy) is 1. The number of hydrogen-bond donors (Lipinski definition) is 1. The zero-order chi connectivity index (χ0) is 12.8. The third-order valence-electron chi connectivity index (χ3n) is 2.21. The number of anilines is 1. The van der Waals surface area contributed by atoms with Gasteiger partial charge in [0.15, 0.2) is 0 Å². The van der Waals surface area contributed by atoms with Crippen LogP contribution in [0.1, 0.15) is 5.56 Å². The minimum absolute atomic E-state index is 0.216. The molecule has 0 radical (unpaired) electrons. The van der Waals surface area contributed by atoms with E-state index in [0.29, 0.717) is 12.5 Å². The first-order valence-corrected chi connectivity index (χ1v) is 5.75. The van der Waals surface area contributed by atoms with Crippen molar-refractivity contribution in [3.8, 4) is 5.88 Å². The van der Waals surface area contributed by atoms with Crippen LogP contribution in [0.4, 0.5) is 5.82 Å². The lowest BCUT2D eigenvalue weighted by Crippen LogP contribution is -2.00. The molecule has 0 atom stereocenters. The molecule has 1 aromatic carbocycles. The molecule has 0 saturated carbocycles. The number of rotatable bonds is 4. The van der Waals surface area contributed by atoms with Gasteiger partial charge in [0.1, 0.15) is 23.8 Å². The van der Waals surface area contributed by atoms with E-state index < -0.39 is 0 Å². The number of hydrogen-bond acceptors (Lipinski definition) is 4. The second kappa shape index (κ2) is 6.02. The van der Waals surface area contributed by atoms with Gasteiger partial charge in [-0.3, -0.25) is 0 Å². The smallest absolute Gasteiger partial charge is 0.238 e. The van der Waals surface area contributed by atoms with Crippen LogP contribution in [-0.2, 0) is 0 Å². The molecule has 0 aliphatic rings. The maximum Gasteiger partial charge on any atom is 0.238 e. The summed E-state index contributed by atoms with van der Waals surface area (Å²) in [6.07, 6.45) is 5.15. The second-order valence-electron chi connectivity index (χ2n) is 3.50. The molecular weight excluding hydrogens is 250 g/mol. The van der Waals surface area contributed by atoms with Crippen molar-refractivity contribution in [3.05, 3.63) is 53.3 Å². The molecule has 18 heavy (non-hydrogen) atoms. The summed E-state index contributed by atoms with van der Waals surface area (Å²) in [7, 11) is 0. The molecule has 0 spiro atoms. The Labute approximate surface area is 110 Å². The maximum absolute atomic E-state index is 5.89. The highest BCUT2D eigenvalue weighted by atomic mass is 35.5. The Balaban J connectivity index is 1.93. The van der Waals surface area contributed by atoms with E-state index in [2.05, 4.69) is 9.97 Å². The molecular formula is C13H12ClN3O. The summed E-state index contributed by atoms with van der Waals surface area (Å²) < 4.78 is 5.39. The molecule has 0 saturated heterocycles. The molecule has 1 aromatic heterocycles. The second-order valence-corrected chi connectivity index (χ2v) is 3.88. The molecule has 0 aliphatic carbocycles. The Morgan fingerprint density at radius 1 is 1.22 bits per heavy atom. The quantitative estimate of drug-likeness (QED) is 0.919. The fourth-order valence-corrected chi connectivity index (χ4v) is 1.49. The summed E-state index contributed by atoms with van der Waals surface area (Å²) in [5.41, 5.74) is 6.64. The maximum atomic E-state index is 5.89. The zero-order valence-corrected chi connectivity index (χ0v) is 10.3. The highest BCUT2D eigenvalue weighted by Crippen LogP contribution is 2.25. The summed E-state index contributed by atoms with van der Waals surface area (Å²) >= 11 is 5.89. The van der Waals surface area contributed by atoms with Gasteiger partial charge in [-0.05, 0) is 11.6 Å². The van der Waals surface area contributed by atoms with Gasteiger partial charge in [0.2, 0.25) is 5.88 Å². The van der Waals surface area contributed by atoms with Gasteiger partial charge < -0.3 is 10.5 Å². The SMILES string of the molecule is Nc1ncnc(OC/C=C/c2ccccc2)c1Cl.